The van der Waals surface area contributed by atoms with Crippen LogP contribution in [0.2, 0.25) is 0 Å². The van der Waals surface area contributed by atoms with Crippen LogP contribution in [0.5, 0.6) is 0 Å². The standard InChI is InChI=1S/C11H19BrN2O/c1-7(2)5-6-14-11(15)9(12)10(13-14)8(3)4/h7-8,13H,5-6H2,1-4H3. The topological polar surface area (TPSA) is 37.8 Å². The molecule has 1 heterocycles. The Morgan fingerprint density at radius 1 is 1.33 bits per heavy atom. The highest BCUT2D eigenvalue weighted by molar-refractivity contribution is 9.10. The monoisotopic (exact) mass is 274 g/mol. The van der Waals surface area contributed by atoms with E-state index in [1.807, 2.05) is 0 Å². The summed E-state index contributed by atoms with van der Waals surface area (Å²) in [5, 5.41) is 3.16. The van der Waals surface area contributed by atoms with Crippen LogP contribution in [0.1, 0.15) is 45.7 Å². The molecule has 0 saturated heterocycles. The third-order valence-electron chi connectivity index (χ3n) is 2.43. The van der Waals surface area contributed by atoms with Crippen molar-refractivity contribution in [3.63, 3.8) is 0 Å². The van der Waals surface area contributed by atoms with Gasteiger partial charge in [-0.1, -0.05) is 27.7 Å². The number of rotatable bonds is 4. The second-order valence-corrected chi connectivity index (χ2v) is 5.43. The van der Waals surface area contributed by atoms with Crippen LogP contribution in [0.4, 0.5) is 0 Å². The molecule has 1 aromatic rings. The van der Waals surface area contributed by atoms with Crippen LogP contribution in [0.15, 0.2) is 9.27 Å². The smallest absolute Gasteiger partial charge is 0.281 e. The zero-order chi connectivity index (χ0) is 11.6. The molecule has 0 spiro atoms. The average Bonchev–Trinajstić information content (AvgIpc) is 2.41. The SMILES string of the molecule is CC(C)CCn1[nH]c(C(C)C)c(Br)c1=O. The number of hydrogen-bond donors (Lipinski definition) is 1. The Hall–Kier alpha value is -0.510. The molecular weight excluding hydrogens is 256 g/mol. The van der Waals surface area contributed by atoms with Crippen molar-refractivity contribution in [1.29, 1.82) is 0 Å². The molecule has 86 valence electrons. The number of halogens is 1. The second kappa shape index (κ2) is 5.01. The second-order valence-electron chi connectivity index (χ2n) is 4.63. The zero-order valence-electron chi connectivity index (χ0n) is 9.80. The lowest BCUT2D eigenvalue weighted by atomic mass is 10.1. The summed E-state index contributed by atoms with van der Waals surface area (Å²) in [7, 11) is 0. The lowest BCUT2D eigenvalue weighted by molar-refractivity contribution is 0.475. The van der Waals surface area contributed by atoms with Gasteiger partial charge in [-0.2, -0.15) is 0 Å². The van der Waals surface area contributed by atoms with Gasteiger partial charge in [0.05, 0.1) is 5.69 Å². The van der Waals surface area contributed by atoms with E-state index >= 15 is 0 Å². The number of aromatic amines is 1. The number of hydrogen-bond acceptors (Lipinski definition) is 1. The fraction of sp³-hybridized carbons (Fsp3) is 0.727. The summed E-state index contributed by atoms with van der Waals surface area (Å²) in [6, 6.07) is 0. The van der Waals surface area contributed by atoms with Crippen molar-refractivity contribution in [2.75, 3.05) is 0 Å². The predicted molar refractivity (Wildman–Crippen MR) is 66.3 cm³/mol. The first-order valence-electron chi connectivity index (χ1n) is 5.41. The van der Waals surface area contributed by atoms with Crippen molar-refractivity contribution in [2.24, 2.45) is 5.92 Å². The number of nitrogens with zero attached hydrogens (tertiary/aromatic N) is 1. The fourth-order valence-electron chi connectivity index (χ4n) is 1.41. The molecule has 0 unspecified atom stereocenters. The highest BCUT2D eigenvalue weighted by Gasteiger charge is 2.13. The largest absolute Gasteiger partial charge is 0.298 e. The van der Waals surface area contributed by atoms with Gasteiger partial charge in [0.15, 0.2) is 0 Å². The molecule has 0 saturated carbocycles. The van der Waals surface area contributed by atoms with Gasteiger partial charge in [0.1, 0.15) is 4.47 Å². The third kappa shape index (κ3) is 2.97. The minimum absolute atomic E-state index is 0.0550. The molecule has 0 aliphatic rings. The summed E-state index contributed by atoms with van der Waals surface area (Å²) < 4.78 is 2.38. The van der Waals surface area contributed by atoms with Gasteiger partial charge in [0.2, 0.25) is 0 Å². The zero-order valence-corrected chi connectivity index (χ0v) is 11.4. The highest BCUT2D eigenvalue weighted by atomic mass is 79.9. The summed E-state index contributed by atoms with van der Waals surface area (Å²) in [6.07, 6.45) is 1.02. The van der Waals surface area contributed by atoms with Crippen molar-refractivity contribution >= 4 is 15.9 Å². The molecule has 3 nitrogen and oxygen atoms in total. The van der Waals surface area contributed by atoms with Gasteiger partial charge in [-0.15, -0.1) is 0 Å². The summed E-state index contributed by atoms with van der Waals surface area (Å²) in [4.78, 5) is 11.8. The van der Waals surface area contributed by atoms with Crippen molar-refractivity contribution in [3.05, 3.63) is 20.5 Å². The first-order chi connectivity index (χ1) is 6.93. The fourth-order valence-corrected chi connectivity index (χ4v) is 2.17. The van der Waals surface area contributed by atoms with Gasteiger partial charge in [-0.05, 0) is 34.2 Å². The molecule has 15 heavy (non-hydrogen) atoms. The Bertz CT molecular complexity index is 376. The predicted octanol–water partition coefficient (Wildman–Crippen LogP) is 3.11. The van der Waals surface area contributed by atoms with Crippen LogP contribution in [0.25, 0.3) is 0 Å². The summed E-state index contributed by atoms with van der Waals surface area (Å²) in [5.41, 5.74) is 1.04. The quantitative estimate of drug-likeness (QED) is 0.900. The van der Waals surface area contributed by atoms with Crippen molar-refractivity contribution in [1.82, 2.24) is 9.78 Å². The average molecular weight is 275 g/mol. The summed E-state index contributed by atoms with van der Waals surface area (Å²) >= 11 is 3.34. The normalized spacial score (nSPS) is 11.7. The van der Waals surface area contributed by atoms with E-state index in [-0.39, 0.29) is 5.56 Å². The maximum Gasteiger partial charge on any atom is 0.281 e. The first-order valence-corrected chi connectivity index (χ1v) is 6.21. The number of H-pyrrole nitrogens is 1. The van der Waals surface area contributed by atoms with Crippen molar-refractivity contribution in [3.8, 4) is 0 Å². The molecule has 0 radical (unpaired) electrons. The van der Waals surface area contributed by atoms with Gasteiger partial charge in [-0.25, -0.2) is 0 Å². The van der Waals surface area contributed by atoms with E-state index in [1.54, 1.807) is 4.68 Å². The number of nitrogens with one attached hydrogen (secondary N) is 1. The molecule has 1 N–H and O–H groups in total. The molecule has 1 rings (SSSR count). The molecule has 4 heteroatoms. The molecule has 0 aliphatic heterocycles. The minimum atomic E-state index is 0.0550. The lowest BCUT2D eigenvalue weighted by Crippen LogP contribution is -2.17. The molecule has 0 atom stereocenters. The molecule has 0 amide bonds. The Labute approximate surface area is 99.0 Å². The van der Waals surface area contributed by atoms with Crippen LogP contribution in [-0.4, -0.2) is 9.78 Å². The van der Waals surface area contributed by atoms with Crippen LogP contribution < -0.4 is 5.56 Å². The van der Waals surface area contributed by atoms with Crippen LogP contribution >= 0.6 is 15.9 Å². The van der Waals surface area contributed by atoms with Crippen molar-refractivity contribution < 1.29 is 0 Å². The summed E-state index contributed by atoms with van der Waals surface area (Å²) in [5.74, 6) is 0.953. The molecular formula is C11H19BrN2O. The van der Waals surface area contributed by atoms with E-state index in [1.165, 1.54) is 0 Å². The minimum Gasteiger partial charge on any atom is -0.298 e. The Kier molecular flexibility index (Phi) is 4.20. The maximum atomic E-state index is 11.8. The van der Waals surface area contributed by atoms with Crippen LogP contribution in [-0.2, 0) is 6.54 Å². The third-order valence-corrected chi connectivity index (χ3v) is 3.20. The molecule has 0 bridgehead atoms. The highest BCUT2D eigenvalue weighted by Crippen LogP contribution is 2.19. The number of aromatic nitrogens is 2. The first kappa shape index (κ1) is 12.6. The van der Waals surface area contributed by atoms with Gasteiger partial charge in [0, 0.05) is 6.54 Å². The summed E-state index contributed by atoms with van der Waals surface area (Å²) in [6.45, 7) is 9.23. The van der Waals surface area contributed by atoms with Gasteiger partial charge < -0.3 is 0 Å². The van der Waals surface area contributed by atoms with E-state index in [0.717, 1.165) is 18.7 Å². The van der Waals surface area contributed by atoms with Crippen molar-refractivity contribution in [2.45, 2.75) is 46.6 Å². The Morgan fingerprint density at radius 3 is 2.33 bits per heavy atom. The van der Waals surface area contributed by atoms with E-state index in [9.17, 15) is 4.79 Å². The number of aryl methyl sites for hydroxylation is 1. The van der Waals surface area contributed by atoms with Gasteiger partial charge >= 0.3 is 0 Å². The molecule has 1 aromatic heterocycles. The van der Waals surface area contributed by atoms with E-state index in [0.29, 0.717) is 16.3 Å². The Morgan fingerprint density at radius 2 is 1.93 bits per heavy atom. The Balaban J connectivity index is 2.91. The molecule has 0 aliphatic carbocycles. The van der Waals surface area contributed by atoms with Gasteiger partial charge in [0.25, 0.3) is 5.56 Å². The van der Waals surface area contributed by atoms with Crippen LogP contribution in [0.3, 0.4) is 0 Å². The van der Waals surface area contributed by atoms with Crippen LogP contribution in [0, 0.1) is 5.92 Å². The van der Waals surface area contributed by atoms with E-state index in [4.69, 9.17) is 0 Å². The lowest BCUT2D eigenvalue weighted by Gasteiger charge is -2.05. The van der Waals surface area contributed by atoms with E-state index < -0.39 is 0 Å². The molecule has 0 fully saturated rings. The molecule has 0 aromatic carbocycles. The van der Waals surface area contributed by atoms with Gasteiger partial charge in [-0.3, -0.25) is 14.6 Å². The maximum absolute atomic E-state index is 11.8. The van der Waals surface area contributed by atoms with E-state index in [2.05, 4.69) is 48.7 Å².